The molecule has 10 nitrogen and oxygen atoms in total. The molecule has 0 N–H and O–H groups in total. The minimum atomic E-state index is -0.357. The molecule has 10 heteroatoms. The molecule has 1 fully saturated rings. The predicted molar refractivity (Wildman–Crippen MR) is 150 cm³/mol. The van der Waals surface area contributed by atoms with Crippen LogP contribution in [-0.2, 0) is 20.0 Å². The second kappa shape index (κ2) is 10.2. The normalized spacial score (nSPS) is 21.6. The lowest BCUT2D eigenvalue weighted by Gasteiger charge is -2.48. The van der Waals surface area contributed by atoms with Gasteiger partial charge >= 0.3 is 5.69 Å². The summed E-state index contributed by atoms with van der Waals surface area (Å²) < 4.78 is 15.6. The fourth-order valence-corrected chi connectivity index (χ4v) is 5.98. The van der Waals surface area contributed by atoms with Gasteiger partial charge in [0.1, 0.15) is 29.2 Å². The largest absolute Gasteiger partial charge is 0.486 e. The first kappa shape index (κ1) is 27.0. The van der Waals surface area contributed by atoms with E-state index in [4.69, 9.17) is 14.5 Å². The number of benzene rings is 1. The summed E-state index contributed by atoms with van der Waals surface area (Å²) in [6.07, 6.45) is 1.13. The van der Waals surface area contributed by atoms with Gasteiger partial charge in [-0.25, -0.2) is 9.78 Å². The standard InChI is InChI=1S/C29H39N7O3/c1-8-21-16-35(26-25-27(33(7)28(37)32-26)34(9-2)24(31-25)12-13-30)18(3)15-36(21)19(4)20-10-11-22-23(14-20)39-29(5,6)17-38-22/h10-11,14,18-19,21H,8-9,12,15-17H2,1-7H3/t18-,19?,21+/m0/s1. The minimum Gasteiger partial charge on any atom is -0.486 e. The number of nitrogens with zero attached hydrogens (tertiary/aromatic N) is 7. The highest BCUT2D eigenvalue weighted by atomic mass is 16.6. The number of aryl methyl sites for hydroxylation is 2. The van der Waals surface area contributed by atoms with Crippen LogP contribution in [0.5, 0.6) is 11.5 Å². The number of anilines is 1. The summed E-state index contributed by atoms with van der Waals surface area (Å²) in [5, 5.41) is 9.36. The van der Waals surface area contributed by atoms with Crippen LogP contribution >= 0.6 is 0 Å². The summed E-state index contributed by atoms with van der Waals surface area (Å²) in [5.41, 5.74) is 1.91. The number of nitriles is 1. The van der Waals surface area contributed by atoms with E-state index >= 15 is 0 Å². The van der Waals surface area contributed by atoms with Crippen molar-refractivity contribution in [1.82, 2.24) is 24.0 Å². The highest BCUT2D eigenvalue weighted by Crippen LogP contribution is 2.39. The molecular weight excluding hydrogens is 494 g/mol. The molecule has 5 rings (SSSR count). The van der Waals surface area contributed by atoms with Crippen LogP contribution in [0.2, 0.25) is 0 Å². The number of hydrogen-bond acceptors (Lipinski definition) is 8. The van der Waals surface area contributed by atoms with E-state index < -0.39 is 0 Å². The predicted octanol–water partition coefficient (Wildman–Crippen LogP) is 3.82. The molecule has 0 bridgehead atoms. The van der Waals surface area contributed by atoms with Crippen LogP contribution in [0.15, 0.2) is 23.0 Å². The molecular formula is C29H39N7O3. The van der Waals surface area contributed by atoms with Gasteiger partial charge in [0.25, 0.3) is 0 Å². The van der Waals surface area contributed by atoms with Crippen molar-refractivity contribution in [2.75, 3.05) is 24.6 Å². The number of aromatic nitrogens is 4. The molecule has 0 amide bonds. The molecule has 0 radical (unpaired) electrons. The maximum Gasteiger partial charge on any atom is 0.350 e. The molecule has 3 atom stereocenters. The van der Waals surface area contributed by atoms with E-state index in [9.17, 15) is 10.1 Å². The Bertz CT molecular complexity index is 1480. The molecule has 1 saturated heterocycles. The van der Waals surface area contributed by atoms with Gasteiger partial charge in [-0.1, -0.05) is 13.0 Å². The SMILES string of the molecule is CC[C@@H]1CN(c2nc(=O)n(C)c3c2nc(CC#N)n3CC)[C@@H](C)CN1C(C)c1ccc2c(c1)OC(C)(C)CO2. The molecule has 0 spiro atoms. The topological polar surface area (TPSA) is 101 Å². The Balaban J connectivity index is 1.48. The molecule has 2 aliphatic rings. The summed E-state index contributed by atoms with van der Waals surface area (Å²) in [5.74, 6) is 2.85. The van der Waals surface area contributed by atoms with Gasteiger partial charge in [0.05, 0.1) is 12.5 Å². The van der Waals surface area contributed by atoms with Gasteiger partial charge in [0.15, 0.2) is 17.3 Å². The van der Waals surface area contributed by atoms with E-state index in [1.807, 2.05) is 31.4 Å². The molecule has 4 heterocycles. The van der Waals surface area contributed by atoms with Crippen molar-refractivity contribution in [2.45, 2.75) is 84.7 Å². The van der Waals surface area contributed by atoms with Crippen molar-refractivity contribution in [3.63, 3.8) is 0 Å². The third kappa shape index (κ3) is 4.73. The number of fused-ring (bicyclic) bond motifs is 2. The molecule has 0 aliphatic carbocycles. The Labute approximate surface area is 229 Å². The maximum atomic E-state index is 13.0. The number of hydrogen-bond donors (Lipinski definition) is 0. The van der Waals surface area contributed by atoms with Crippen molar-refractivity contribution in [2.24, 2.45) is 7.05 Å². The summed E-state index contributed by atoms with van der Waals surface area (Å²) in [4.78, 5) is 27.1. The van der Waals surface area contributed by atoms with Crippen LogP contribution in [0.3, 0.4) is 0 Å². The fraction of sp³-hybridized carbons (Fsp3) is 0.586. The quantitative estimate of drug-likeness (QED) is 0.471. The van der Waals surface area contributed by atoms with E-state index in [1.54, 1.807) is 11.6 Å². The first-order valence-corrected chi connectivity index (χ1v) is 13.9. The Morgan fingerprint density at radius 2 is 1.97 bits per heavy atom. The Morgan fingerprint density at radius 3 is 2.67 bits per heavy atom. The lowest BCUT2D eigenvalue weighted by molar-refractivity contribution is 0.0209. The molecule has 1 aromatic carbocycles. The summed E-state index contributed by atoms with van der Waals surface area (Å²) in [6, 6.07) is 8.98. The van der Waals surface area contributed by atoms with Crippen LogP contribution in [0.4, 0.5) is 5.82 Å². The number of ether oxygens (including phenoxy) is 2. The summed E-state index contributed by atoms with van der Waals surface area (Å²) in [7, 11) is 1.72. The number of rotatable bonds is 6. The van der Waals surface area contributed by atoms with E-state index in [2.05, 4.69) is 53.8 Å². The average Bonchev–Trinajstić information content (AvgIpc) is 3.28. The third-order valence-electron chi connectivity index (χ3n) is 8.13. The van der Waals surface area contributed by atoms with Crippen molar-refractivity contribution in [1.29, 1.82) is 5.26 Å². The summed E-state index contributed by atoms with van der Waals surface area (Å²) >= 11 is 0. The monoisotopic (exact) mass is 533 g/mol. The lowest BCUT2D eigenvalue weighted by atomic mass is 9.98. The second-order valence-electron chi connectivity index (χ2n) is 11.3. The van der Waals surface area contributed by atoms with Gasteiger partial charge in [0.2, 0.25) is 0 Å². The van der Waals surface area contributed by atoms with Crippen LogP contribution in [0, 0.1) is 11.3 Å². The van der Waals surface area contributed by atoms with Crippen LogP contribution < -0.4 is 20.1 Å². The first-order chi connectivity index (χ1) is 18.6. The third-order valence-corrected chi connectivity index (χ3v) is 8.13. The maximum absolute atomic E-state index is 13.0. The van der Waals surface area contributed by atoms with Crippen molar-refractivity contribution >= 4 is 17.0 Å². The fourth-order valence-electron chi connectivity index (χ4n) is 5.98. The van der Waals surface area contributed by atoms with Crippen molar-refractivity contribution in [3.05, 3.63) is 40.1 Å². The zero-order valence-electron chi connectivity index (χ0n) is 24.1. The van der Waals surface area contributed by atoms with Crippen LogP contribution in [0.25, 0.3) is 11.2 Å². The number of imidazole rings is 1. The van der Waals surface area contributed by atoms with Gasteiger partial charge in [0, 0.05) is 44.8 Å². The van der Waals surface area contributed by atoms with E-state index in [0.29, 0.717) is 36.0 Å². The molecule has 39 heavy (non-hydrogen) atoms. The van der Waals surface area contributed by atoms with Crippen molar-refractivity contribution < 1.29 is 9.47 Å². The second-order valence-corrected chi connectivity index (χ2v) is 11.3. The summed E-state index contributed by atoms with van der Waals surface area (Å²) in [6.45, 7) is 15.4. The highest BCUT2D eigenvalue weighted by Gasteiger charge is 2.37. The number of piperazine rings is 1. The first-order valence-electron chi connectivity index (χ1n) is 13.9. The molecule has 2 aliphatic heterocycles. The van der Waals surface area contributed by atoms with Crippen molar-refractivity contribution in [3.8, 4) is 17.6 Å². The van der Waals surface area contributed by atoms with Crippen LogP contribution in [-0.4, -0.2) is 61.4 Å². The average molecular weight is 534 g/mol. The Kier molecular flexibility index (Phi) is 7.06. The molecule has 2 aromatic heterocycles. The zero-order valence-corrected chi connectivity index (χ0v) is 24.1. The van der Waals surface area contributed by atoms with Gasteiger partial charge in [-0.3, -0.25) is 9.47 Å². The van der Waals surface area contributed by atoms with Gasteiger partial charge in [-0.2, -0.15) is 10.2 Å². The minimum absolute atomic E-state index is 0.0976. The Hall–Kier alpha value is -3.58. The molecule has 0 saturated carbocycles. The molecule has 3 aromatic rings. The molecule has 1 unspecified atom stereocenters. The van der Waals surface area contributed by atoms with E-state index in [1.165, 1.54) is 5.56 Å². The lowest BCUT2D eigenvalue weighted by Crippen LogP contribution is -2.58. The van der Waals surface area contributed by atoms with Gasteiger partial charge in [-0.15, -0.1) is 0 Å². The van der Waals surface area contributed by atoms with E-state index in [-0.39, 0.29) is 35.8 Å². The van der Waals surface area contributed by atoms with Gasteiger partial charge < -0.3 is 18.9 Å². The zero-order chi connectivity index (χ0) is 28.1. The molecule has 208 valence electrons. The van der Waals surface area contributed by atoms with Gasteiger partial charge in [-0.05, 0) is 58.7 Å². The van der Waals surface area contributed by atoms with E-state index in [0.717, 1.165) is 31.0 Å². The Morgan fingerprint density at radius 1 is 1.21 bits per heavy atom. The highest BCUT2D eigenvalue weighted by molar-refractivity contribution is 5.84. The smallest absolute Gasteiger partial charge is 0.350 e. The van der Waals surface area contributed by atoms with Crippen LogP contribution in [0.1, 0.15) is 65.4 Å².